The van der Waals surface area contributed by atoms with Crippen LogP contribution in [0.1, 0.15) is 25.0 Å². The molecule has 0 unspecified atom stereocenters. The standard InChI is InChI=1S/C61H43N/c1-61(2)55-38-45(44-32-35-53-54(37-44)60(43-21-7-4-8-22-43)52-28-14-13-27-51(52)59(53)42-19-5-3-6-20-42)31-34-49(55)50-36-33-46(39-56(50)61)62(57-29-15-23-40-17-9-11-25-47(40)57)58-30-16-24-41-18-10-12-26-48(41)58/h3-39H,1-2H3. The van der Waals surface area contributed by atoms with Gasteiger partial charge in [-0.2, -0.15) is 0 Å². The van der Waals surface area contributed by atoms with Gasteiger partial charge in [-0.1, -0.05) is 202 Å². The maximum absolute atomic E-state index is 2.47. The SMILES string of the molecule is CC1(C)c2cc(-c3ccc4c(-c5ccccc5)c5ccccc5c(-c5ccccc5)c4c3)ccc2-c2ccc(N(c3cccc4ccccc34)c3cccc4ccccc34)cc21. The molecule has 0 aromatic heterocycles. The van der Waals surface area contributed by atoms with Crippen molar-refractivity contribution in [1.29, 1.82) is 0 Å². The molecule has 0 aliphatic heterocycles. The second-order valence-corrected chi connectivity index (χ2v) is 17.2. The minimum atomic E-state index is -0.234. The van der Waals surface area contributed by atoms with Gasteiger partial charge in [0, 0.05) is 21.9 Å². The highest BCUT2D eigenvalue weighted by atomic mass is 15.1. The Morgan fingerprint density at radius 1 is 0.306 bits per heavy atom. The molecule has 0 saturated heterocycles. The minimum Gasteiger partial charge on any atom is -0.309 e. The third kappa shape index (κ3) is 5.62. The molecule has 0 heterocycles. The van der Waals surface area contributed by atoms with Gasteiger partial charge in [-0.3, -0.25) is 0 Å². The van der Waals surface area contributed by atoms with Crippen LogP contribution in [-0.4, -0.2) is 0 Å². The van der Waals surface area contributed by atoms with Crippen molar-refractivity contribution < 1.29 is 0 Å². The normalized spacial score (nSPS) is 12.8. The third-order valence-electron chi connectivity index (χ3n) is 13.4. The highest BCUT2D eigenvalue weighted by Crippen LogP contribution is 2.53. The molecular weight excluding hydrogens is 747 g/mol. The summed E-state index contributed by atoms with van der Waals surface area (Å²) in [5, 5.41) is 9.98. The molecular formula is C61H43N. The number of rotatable bonds is 6. The Kier molecular flexibility index (Phi) is 8.27. The summed E-state index contributed by atoms with van der Waals surface area (Å²) in [4.78, 5) is 2.47. The Bertz CT molecular complexity index is 3450. The number of benzene rings is 11. The first-order chi connectivity index (χ1) is 30.5. The lowest BCUT2D eigenvalue weighted by atomic mass is 9.81. The summed E-state index contributed by atoms with van der Waals surface area (Å²) in [5.41, 5.74) is 16.1. The fraction of sp³-hybridized carbons (Fsp3) is 0.0492. The molecule has 11 aromatic rings. The zero-order valence-corrected chi connectivity index (χ0v) is 34.8. The van der Waals surface area contributed by atoms with Gasteiger partial charge >= 0.3 is 0 Å². The molecule has 0 fully saturated rings. The van der Waals surface area contributed by atoms with Crippen LogP contribution in [0.4, 0.5) is 17.1 Å². The lowest BCUT2D eigenvalue weighted by molar-refractivity contribution is 0.660. The largest absolute Gasteiger partial charge is 0.309 e. The molecule has 1 aliphatic carbocycles. The zero-order chi connectivity index (χ0) is 41.4. The first kappa shape index (κ1) is 36.1. The molecule has 0 bridgehead atoms. The van der Waals surface area contributed by atoms with Crippen LogP contribution < -0.4 is 4.90 Å². The fourth-order valence-electron chi connectivity index (χ4n) is 10.4. The van der Waals surface area contributed by atoms with Crippen molar-refractivity contribution in [2.75, 3.05) is 4.90 Å². The molecule has 62 heavy (non-hydrogen) atoms. The Balaban J connectivity index is 1.02. The molecule has 0 N–H and O–H groups in total. The summed E-state index contributed by atoms with van der Waals surface area (Å²) in [6.07, 6.45) is 0. The highest BCUT2D eigenvalue weighted by Gasteiger charge is 2.36. The van der Waals surface area contributed by atoms with E-state index in [4.69, 9.17) is 0 Å². The third-order valence-corrected chi connectivity index (χ3v) is 13.4. The number of anilines is 3. The lowest BCUT2D eigenvalue weighted by Crippen LogP contribution is -2.17. The summed E-state index contributed by atoms with van der Waals surface area (Å²) in [6.45, 7) is 4.80. The van der Waals surface area contributed by atoms with Gasteiger partial charge in [0.25, 0.3) is 0 Å². The predicted octanol–water partition coefficient (Wildman–Crippen LogP) is 17.1. The molecule has 0 amide bonds. The van der Waals surface area contributed by atoms with E-state index in [2.05, 4.69) is 243 Å². The van der Waals surface area contributed by atoms with Crippen LogP contribution in [0.15, 0.2) is 224 Å². The van der Waals surface area contributed by atoms with Crippen molar-refractivity contribution in [3.05, 3.63) is 236 Å². The van der Waals surface area contributed by atoms with Gasteiger partial charge in [0.15, 0.2) is 0 Å². The predicted molar refractivity (Wildman–Crippen MR) is 265 cm³/mol. The van der Waals surface area contributed by atoms with Crippen LogP contribution in [-0.2, 0) is 5.41 Å². The monoisotopic (exact) mass is 789 g/mol. The fourth-order valence-corrected chi connectivity index (χ4v) is 10.4. The van der Waals surface area contributed by atoms with Crippen molar-refractivity contribution in [1.82, 2.24) is 0 Å². The van der Waals surface area contributed by atoms with Crippen molar-refractivity contribution in [3.63, 3.8) is 0 Å². The first-order valence-electron chi connectivity index (χ1n) is 21.7. The quantitative estimate of drug-likeness (QED) is 0.152. The number of nitrogens with zero attached hydrogens (tertiary/aromatic N) is 1. The van der Waals surface area contributed by atoms with Crippen LogP contribution >= 0.6 is 0 Å². The Morgan fingerprint density at radius 2 is 0.742 bits per heavy atom. The average Bonchev–Trinajstić information content (AvgIpc) is 3.55. The molecule has 11 aromatic carbocycles. The number of fused-ring (bicyclic) bond motifs is 7. The smallest absolute Gasteiger partial charge is 0.0540 e. The molecule has 1 nitrogen and oxygen atoms in total. The maximum Gasteiger partial charge on any atom is 0.0540 e. The van der Waals surface area contributed by atoms with Crippen LogP contribution in [0.2, 0.25) is 0 Å². The van der Waals surface area contributed by atoms with Crippen molar-refractivity contribution in [3.8, 4) is 44.5 Å². The average molecular weight is 790 g/mol. The molecule has 0 saturated carbocycles. The Morgan fingerprint density at radius 3 is 1.34 bits per heavy atom. The van der Waals surface area contributed by atoms with Gasteiger partial charge in [-0.25, -0.2) is 0 Å². The summed E-state index contributed by atoms with van der Waals surface area (Å²) < 4.78 is 0. The summed E-state index contributed by atoms with van der Waals surface area (Å²) in [7, 11) is 0. The van der Waals surface area contributed by atoms with Crippen molar-refractivity contribution in [2.24, 2.45) is 0 Å². The van der Waals surface area contributed by atoms with E-state index in [9.17, 15) is 0 Å². The summed E-state index contributed by atoms with van der Waals surface area (Å²) in [6, 6.07) is 82.9. The van der Waals surface area contributed by atoms with Gasteiger partial charge in [-0.15, -0.1) is 0 Å². The number of hydrogen-bond donors (Lipinski definition) is 0. The Hall–Kier alpha value is -7.74. The molecule has 1 heteroatoms. The van der Waals surface area contributed by atoms with E-state index >= 15 is 0 Å². The molecule has 292 valence electrons. The zero-order valence-electron chi connectivity index (χ0n) is 34.8. The van der Waals surface area contributed by atoms with E-state index in [1.165, 1.54) is 110 Å². The van der Waals surface area contributed by atoms with E-state index < -0.39 is 0 Å². The Labute approximate surface area is 362 Å². The molecule has 1 aliphatic rings. The second kappa shape index (κ2) is 14.2. The van der Waals surface area contributed by atoms with E-state index in [-0.39, 0.29) is 5.41 Å². The van der Waals surface area contributed by atoms with Gasteiger partial charge < -0.3 is 4.90 Å². The first-order valence-corrected chi connectivity index (χ1v) is 21.7. The van der Waals surface area contributed by atoms with Gasteiger partial charge in [0.2, 0.25) is 0 Å². The van der Waals surface area contributed by atoms with Crippen LogP contribution in [0, 0.1) is 0 Å². The van der Waals surface area contributed by atoms with Gasteiger partial charge in [0.1, 0.15) is 0 Å². The summed E-state index contributed by atoms with van der Waals surface area (Å²) in [5.74, 6) is 0. The lowest BCUT2D eigenvalue weighted by Gasteiger charge is -2.30. The van der Waals surface area contributed by atoms with Crippen LogP contribution in [0.5, 0.6) is 0 Å². The maximum atomic E-state index is 2.47. The summed E-state index contributed by atoms with van der Waals surface area (Å²) >= 11 is 0. The van der Waals surface area contributed by atoms with Gasteiger partial charge in [-0.05, 0) is 124 Å². The second-order valence-electron chi connectivity index (χ2n) is 17.2. The van der Waals surface area contributed by atoms with E-state index in [1.54, 1.807) is 0 Å². The van der Waals surface area contributed by atoms with E-state index in [0.717, 1.165) is 5.69 Å². The van der Waals surface area contributed by atoms with Crippen molar-refractivity contribution in [2.45, 2.75) is 19.3 Å². The molecule has 0 atom stereocenters. The molecule has 0 radical (unpaired) electrons. The molecule has 12 rings (SSSR count). The van der Waals surface area contributed by atoms with E-state index in [1.807, 2.05) is 0 Å². The van der Waals surface area contributed by atoms with E-state index in [0.29, 0.717) is 0 Å². The van der Waals surface area contributed by atoms with Crippen LogP contribution in [0.3, 0.4) is 0 Å². The topological polar surface area (TPSA) is 3.24 Å². The minimum absolute atomic E-state index is 0.234. The van der Waals surface area contributed by atoms with Crippen molar-refractivity contribution >= 4 is 60.2 Å². The number of hydrogen-bond acceptors (Lipinski definition) is 1. The molecule has 0 spiro atoms. The van der Waals surface area contributed by atoms with Gasteiger partial charge in [0.05, 0.1) is 11.4 Å². The van der Waals surface area contributed by atoms with Crippen LogP contribution in [0.25, 0.3) is 87.6 Å². The highest BCUT2D eigenvalue weighted by molar-refractivity contribution is 6.22.